The first-order chi connectivity index (χ1) is 11.7. The lowest BCUT2D eigenvalue weighted by molar-refractivity contribution is -0.137. The SMILES string of the molecule is Cc1cc(C2CC(Cc3nc(C)ccc3Cl)=NO2)cc(C(F)(F)F)c1. The molecule has 2 heterocycles. The van der Waals surface area contributed by atoms with Gasteiger partial charge in [-0.1, -0.05) is 28.4 Å². The van der Waals surface area contributed by atoms with Gasteiger partial charge in [0.15, 0.2) is 6.10 Å². The number of alkyl halides is 3. The van der Waals surface area contributed by atoms with E-state index >= 15 is 0 Å². The van der Waals surface area contributed by atoms with Gasteiger partial charge in [0, 0.05) is 18.5 Å². The summed E-state index contributed by atoms with van der Waals surface area (Å²) in [6.45, 7) is 3.49. The van der Waals surface area contributed by atoms with Gasteiger partial charge in [-0.05, 0) is 43.7 Å². The highest BCUT2D eigenvalue weighted by atomic mass is 35.5. The molecule has 1 unspecified atom stereocenters. The molecule has 1 aliphatic heterocycles. The summed E-state index contributed by atoms with van der Waals surface area (Å²) in [5, 5.41) is 4.55. The molecule has 0 amide bonds. The standard InChI is InChI=1S/C18H16ClF3N2O/c1-10-5-12(7-13(6-10)18(20,21)22)17-9-14(24-25-17)8-16-15(19)4-3-11(2)23-16/h3-7,17H,8-9H2,1-2H3. The van der Waals surface area contributed by atoms with E-state index in [1.165, 1.54) is 0 Å². The van der Waals surface area contributed by atoms with Crippen LogP contribution in [0.3, 0.4) is 0 Å². The fourth-order valence-corrected chi connectivity index (χ4v) is 2.95. The van der Waals surface area contributed by atoms with E-state index in [0.717, 1.165) is 17.8 Å². The summed E-state index contributed by atoms with van der Waals surface area (Å²) in [6.07, 6.45) is -4.09. The molecule has 3 rings (SSSR count). The quantitative estimate of drug-likeness (QED) is 0.723. The van der Waals surface area contributed by atoms with Crippen molar-refractivity contribution in [3.05, 3.63) is 63.4 Å². The lowest BCUT2D eigenvalue weighted by atomic mass is 9.98. The van der Waals surface area contributed by atoms with Crippen LogP contribution in [0.25, 0.3) is 0 Å². The molecule has 0 radical (unpaired) electrons. The van der Waals surface area contributed by atoms with Crippen LogP contribution in [0.2, 0.25) is 5.02 Å². The molecule has 0 fully saturated rings. The van der Waals surface area contributed by atoms with Crippen LogP contribution in [0.1, 0.15) is 40.6 Å². The van der Waals surface area contributed by atoms with Crippen molar-refractivity contribution in [2.24, 2.45) is 5.16 Å². The van der Waals surface area contributed by atoms with Gasteiger partial charge in [-0.25, -0.2) is 0 Å². The molecule has 25 heavy (non-hydrogen) atoms. The predicted molar refractivity (Wildman–Crippen MR) is 89.7 cm³/mol. The Balaban J connectivity index is 1.76. The van der Waals surface area contributed by atoms with Crippen molar-refractivity contribution < 1.29 is 18.0 Å². The molecule has 0 spiro atoms. The number of rotatable bonds is 3. The highest BCUT2D eigenvalue weighted by Gasteiger charge is 2.33. The third kappa shape index (κ3) is 4.12. The molecule has 0 saturated heterocycles. The van der Waals surface area contributed by atoms with Crippen molar-refractivity contribution >= 4 is 17.3 Å². The highest BCUT2D eigenvalue weighted by molar-refractivity contribution is 6.31. The average Bonchev–Trinajstić information content (AvgIpc) is 2.98. The second-order valence-corrected chi connectivity index (χ2v) is 6.55. The summed E-state index contributed by atoms with van der Waals surface area (Å²) in [5.74, 6) is 0. The Hall–Kier alpha value is -2.08. The van der Waals surface area contributed by atoms with Crippen LogP contribution in [0.15, 0.2) is 35.5 Å². The molecule has 0 bridgehead atoms. The highest BCUT2D eigenvalue weighted by Crippen LogP contribution is 2.35. The fourth-order valence-electron chi connectivity index (χ4n) is 2.78. The van der Waals surface area contributed by atoms with E-state index < -0.39 is 17.8 Å². The van der Waals surface area contributed by atoms with E-state index in [0.29, 0.717) is 40.4 Å². The monoisotopic (exact) mass is 368 g/mol. The number of halogens is 4. The first-order valence-corrected chi connectivity index (χ1v) is 8.12. The number of hydrogen-bond acceptors (Lipinski definition) is 3. The number of aromatic nitrogens is 1. The zero-order valence-corrected chi connectivity index (χ0v) is 14.4. The Morgan fingerprint density at radius 2 is 1.96 bits per heavy atom. The van der Waals surface area contributed by atoms with Gasteiger partial charge in [-0.3, -0.25) is 4.98 Å². The lowest BCUT2D eigenvalue weighted by Crippen LogP contribution is -2.09. The normalized spacial score (nSPS) is 17.4. The number of oxime groups is 1. The molecule has 2 aromatic rings. The van der Waals surface area contributed by atoms with Gasteiger partial charge >= 0.3 is 6.18 Å². The van der Waals surface area contributed by atoms with E-state index in [1.54, 1.807) is 19.1 Å². The molecule has 1 aliphatic rings. The van der Waals surface area contributed by atoms with Crippen LogP contribution in [0.5, 0.6) is 0 Å². The second kappa shape index (κ2) is 6.67. The van der Waals surface area contributed by atoms with E-state index in [9.17, 15) is 13.2 Å². The van der Waals surface area contributed by atoms with Gasteiger partial charge in [-0.15, -0.1) is 0 Å². The topological polar surface area (TPSA) is 34.5 Å². The molecule has 132 valence electrons. The van der Waals surface area contributed by atoms with E-state index in [2.05, 4.69) is 10.1 Å². The number of benzene rings is 1. The van der Waals surface area contributed by atoms with Crippen molar-refractivity contribution in [2.75, 3.05) is 0 Å². The minimum atomic E-state index is -4.39. The third-order valence-electron chi connectivity index (χ3n) is 3.96. The van der Waals surface area contributed by atoms with Crippen LogP contribution in [0, 0.1) is 13.8 Å². The van der Waals surface area contributed by atoms with Crippen LogP contribution in [-0.4, -0.2) is 10.7 Å². The largest absolute Gasteiger partial charge is 0.416 e. The maximum Gasteiger partial charge on any atom is 0.416 e. The van der Waals surface area contributed by atoms with Crippen molar-refractivity contribution in [1.29, 1.82) is 0 Å². The molecular formula is C18H16ClF3N2O. The molecule has 7 heteroatoms. The van der Waals surface area contributed by atoms with Crippen LogP contribution in [-0.2, 0) is 17.4 Å². The van der Waals surface area contributed by atoms with Gasteiger partial charge in [0.25, 0.3) is 0 Å². The molecule has 0 saturated carbocycles. The Labute approximate surface area is 148 Å². The average molecular weight is 369 g/mol. The summed E-state index contributed by atoms with van der Waals surface area (Å²) in [5.41, 5.74) is 2.55. The molecule has 1 aromatic carbocycles. The number of pyridine rings is 1. The molecule has 3 nitrogen and oxygen atoms in total. The molecule has 1 aromatic heterocycles. The summed E-state index contributed by atoms with van der Waals surface area (Å²) in [6, 6.07) is 7.51. The summed E-state index contributed by atoms with van der Waals surface area (Å²) >= 11 is 6.14. The summed E-state index contributed by atoms with van der Waals surface area (Å²) in [7, 11) is 0. The van der Waals surface area contributed by atoms with Crippen LogP contribution >= 0.6 is 11.6 Å². The predicted octanol–water partition coefficient (Wildman–Crippen LogP) is 5.43. The van der Waals surface area contributed by atoms with Crippen LogP contribution in [0.4, 0.5) is 13.2 Å². The first-order valence-electron chi connectivity index (χ1n) is 7.75. The van der Waals surface area contributed by atoms with Crippen molar-refractivity contribution in [2.45, 2.75) is 39.0 Å². The summed E-state index contributed by atoms with van der Waals surface area (Å²) < 4.78 is 39.0. The van der Waals surface area contributed by atoms with E-state index in [-0.39, 0.29) is 0 Å². The molecule has 0 aliphatic carbocycles. The lowest BCUT2D eigenvalue weighted by Gasteiger charge is -2.14. The maximum absolute atomic E-state index is 13.0. The third-order valence-corrected chi connectivity index (χ3v) is 4.30. The second-order valence-electron chi connectivity index (χ2n) is 6.14. The number of aryl methyl sites for hydroxylation is 2. The van der Waals surface area contributed by atoms with Gasteiger partial charge in [0.05, 0.1) is 22.0 Å². The Kier molecular flexibility index (Phi) is 4.73. The number of hydrogen-bond donors (Lipinski definition) is 0. The Bertz CT molecular complexity index is 834. The minimum absolute atomic E-state index is 0.409. The molecule has 1 atom stereocenters. The van der Waals surface area contributed by atoms with Crippen molar-refractivity contribution in [1.82, 2.24) is 4.98 Å². The molecular weight excluding hydrogens is 353 g/mol. The Morgan fingerprint density at radius 1 is 1.20 bits per heavy atom. The van der Waals surface area contributed by atoms with Crippen LogP contribution < -0.4 is 0 Å². The van der Waals surface area contributed by atoms with E-state index in [1.807, 2.05) is 13.0 Å². The summed E-state index contributed by atoms with van der Waals surface area (Å²) in [4.78, 5) is 9.74. The van der Waals surface area contributed by atoms with Crippen molar-refractivity contribution in [3.8, 4) is 0 Å². The first kappa shape index (κ1) is 17.7. The van der Waals surface area contributed by atoms with Gasteiger partial charge in [0.1, 0.15) is 0 Å². The van der Waals surface area contributed by atoms with Gasteiger partial charge in [-0.2, -0.15) is 13.2 Å². The minimum Gasteiger partial charge on any atom is -0.387 e. The fraction of sp³-hybridized carbons (Fsp3) is 0.333. The maximum atomic E-state index is 13.0. The smallest absolute Gasteiger partial charge is 0.387 e. The molecule has 0 N–H and O–H groups in total. The van der Waals surface area contributed by atoms with E-state index in [4.69, 9.17) is 16.4 Å². The van der Waals surface area contributed by atoms with Crippen molar-refractivity contribution in [3.63, 3.8) is 0 Å². The number of nitrogens with zero attached hydrogens (tertiary/aromatic N) is 2. The zero-order chi connectivity index (χ0) is 18.2. The zero-order valence-electron chi connectivity index (χ0n) is 13.7. The van der Waals surface area contributed by atoms with Gasteiger partial charge < -0.3 is 4.84 Å². The Morgan fingerprint density at radius 3 is 2.68 bits per heavy atom. The van der Waals surface area contributed by atoms with Gasteiger partial charge in [0.2, 0.25) is 0 Å².